The van der Waals surface area contributed by atoms with Crippen LogP contribution in [0.15, 0.2) is 41.7 Å². The van der Waals surface area contributed by atoms with Gasteiger partial charge in [-0.25, -0.2) is 14.4 Å². The number of hydrogen-bond donors (Lipinski definition) is 3. The number of nitrogens with one attached hydrogen (secondary N) is 1. The van der Waals surface area contributed by atoms with Crippen LogP contribution >= 0.6 is 0 Å². The SMILES string of the molecule is CN=CC(=CN)c1cnc2ccc(N(CC(=O)NCCO)c3cc(OC)cc(OC)c3F)nc2n1. The maximum Gasteiger partial charge on any atom is 0.240 e. The van der Waals surface area contributed by atoms with Gasteiger partial charge in [-0.1, -0.05) is 0 Å². The van der Waals surface area contributed by atoms with E-state index in [4.69, 9.17) is 20.3 Å². The van der Waals surface area contributed by atoms with Crippen LogP contribution in [-0.4, -0.2) is 73.1 Å². The molecule has 0 atom stereocenters. The van der Waals surface area contributed by atoms with Crippen molar-refractivity contribution in [2.45, 2.75) is 0 Å². The number of ether oxygens (including phenoxy) is 2. The highest BCUT2D eigenvalue weighted by atomic mass is 19.1. The van der Waals surface area contributed by atoms with Crippen LogP contribution in [0.1, 0.15) is 5.69 Å². The van der Waals surface area contributed by atoms with E-state index in [1.165, 1.54) is 49.9 Å². The number of allylic oxidation sites excluding steroid dienone is 1. The summed E-state index contributed by atoms with van der Waals surface area (Å²) in [5.41, 5.74) is 7.39. The molecule has 2 heterocycles. The fourth-order valence-corrected chi connectivity index (χ4v) is 3.22. The summed E-state index contributed by atoms with van der Waals surface area (Å²) in [7, 11) is 4.36. The average Bonchev–Trinajstić information content (AvgIpc) is 2.88. The molecule has 0 unspecified atom stereocenters. The third kappa shape index (κ3) is 5.79. The van der Waals surface area contributed by atoms with Gasteiger partial charge in [0.1, 0.15) is 23.6 Å². The first-order valence-corrected chi connectivity index (χ1v) is 10.5. The molecule has 12 heteroatoms. The molecule has 11 nitrogen and oxygen atoms in total. The molecule has 3 rings (SSSR count). The highest BCUT2D eigenvalue weighted by Crippen LogP contribution is 2.36. The van der Waals surface area contributed by atoms with Crippen LogP contribution in [0.4, 0.5) is 15.9 Å². The zero-order chi connectivity index (χ0) is 25.4. The molecule has 184 valence electrons. The molecule has 0 saturated carbocycles. The summed E-state index contributed by atoms with van der Waals surface area (Å²) in [5.74, 6) is -0.704. The Morgan fingerprint density at radius 2 is 2.09 bits per heavy atom. The summed E-state index contributed by atoms with van der Waals surface area (Å²) in [6.45, 7) is -0.503. The molecule has 4 N–H and O–H groups in total. The van der Waals surface area contributed by atoms with Crippen molar-refractivity contribution in [1.29, 1.82) is 0 Å². The van der Waals surface area contributed by atoms with Gasteiger partial charge < -0.3 is 30.5 Å². The summed E-state index contributed by atoms with van der Waals surface area (Å²) in [6, 6.07) is 6.07. The van der Waals surface area contributed by atoms with Gasteiger partial charge in [0, 0.05) is 43.7 Å². The molecule has 0 bridgehead atoms. The first-order valence-electron chi connectivity index (χ1n) is 10.5. The van der Waals surface area contributed by atoms with Crippen molar-refractivity contribution in [1.82, 2.24) is 20.3 Å². The van der Waals surface area contributed by atoms with E-state index in [2.05, 4.69) is 25.3 Å². The monoisotopic (exact) mass is 483 g/mol. The number of hydrogen-bond acceptors (Lipinski definition) is 10. The van der Waals surface area contributed by atoms with Gasteiger partial charge in [0.15, 0.2) is 17.2 Å². The van der Waals surface area contributed by atoms with E-state index in [1.54, 1.807) is 19.2 Å². The van der Waals surface area contributed by atoms with Crippen molar-refractivity contribution >= 4 is 40.4 Å². The number of carbonyl (C=O) groups excluding carboxylic acids is 1. The van der Waals surface area contributed by atoms with Crippen LogP contribution in [-0.2, 0) is 4.79 Å². The molecule has 0 saturated heterocycles. The number of aliphatic imine (C=N–C) groups is 1. The van der Waals surface area contributed by atoms with Gasteiger partial charge in [0.05, 0.1) is 38.4 Å². The Bertz CT molecular complexity index is 1270. The molecule has 1 aromatic carbocycles. The maximum absolute atomic E-state index is 15.4. The molecular formula is C23H26FN7O4. The molecule has 2 aromatic heterocycles. The maximum atomic E-state index is 15.4. The smallest absolute Gasteiger partial charge is 0.240 e. The number of fused-ring (bicyclic) bond motifs is 1. The van der Waals surface area contributed by atoms with Crippen LogP contribution in [0, 0.1) is 5.82 Å². The number of pyridine rings is 1. The minimum Gasteiger partial charge on any atom is -0.497 e. The second-order valence-corrected chi connectivity index (χ2v) is 7.10. The number of amides is 1. The normalized spacial score (nSPS) is 11.6. The Morgan fingerprint density at radius 1 is 1.29 bits per heavy atom. The number of rotatable bonds is 10. The lowest BCUT2D eigenvalue weighted by Gasteiger charge is -2.25. The van der Waals surface area contributed by atoms with Crippen LogP contribution in [0.3, 0.4) is 0 Å². The van der Waals surface area contributed by atoms with Crippen molar-refractivity contribution < 1.29 is 23.8 Å². The number of aliphatic hydroxyl groups excluding tert-OH is 1. The van der Waals surface area contributed by atoms with Crippen molar-refractivity contribution in [3.63, 3.8) is 0 Å². The Morgan fingerprint density at radius 3 is 2.74 bits per heavy atom. The minimum atomic E-state index is -0.711. The van der Waals surface area contributed by atoms with Gasteiger partial charge in [0.2, 0.25) is 5.91 Å². The predicted octanol–water partition coefficient (Wildman–Crippen LogP) is 1.43. The molecule has 0 aliphatic heterocycles. The number of benzene rings is 1. The lowest BCUT2D eigenvalue weighted by Crippen LogP contribution is -2.37. The standard InChI is InChI=1S/C23H26FN7O4/c1-26-11-14(10-25)17-12-28-16-4-5-20(30-23(16)29-17)31(13-21(33)27-6-7-32)18-8-15(34-2)9-19(35-3)22(18)24/h4-5,8-12,32H,6-7,13,25H2,1-3H3,(H,27,33). The van der Waals surface area contributed by atoms with E-state index in [9.17, 15) is 4.79 Å². The number of anilines is 2. The second kappa shape index (κ2) is 11.7. The molecule has 0 fully saturated rings. The van der Waals surface area contributed by atoms with Crippen molar-refractivity contribution in [3.8, 4) is 11.5 Å². The Hall–Kier alpha value is -4.32. The fraction of sp³-hybridized carbons (Fsp3) is 0.261. The fourth-order valence-electron chi connectivity index (χ4n) is 3.22. The third-order valence-electron chi connectivity index (χ3n) is 4.89. The van der Waals surface area contributed by atoms with Crippen LogP contribution in [0.2, 0.25) is 0 Å². The summed E-state index contributed by atoms with van der Waals surface area (Å²) in [6.07, 6.45) is 4.43. The van der Waals surface area contributed by atoms with Gasteiger partial charge in [-0.15, -0.1) is 0 Å². The van der Waals surface area contributed by atoms with E-state index in [1.807, 2.05) is 0 Å². The van der Waals surface area contributed by atoms with E-state index in [0.29, 0.717) is 22.5 Å². The molecule has 0 radical (unpaired) electrons. The first-order chi connectivity index (χ1) is 16.9. The molecule has 1 amide bonds. The van der Waals surface area contributed by atoms with Gasteiger partial charge in [-0.05, 0) is 12.1 Å². The molecule has 3 aromatic rings. The predicted molar refractivity (Wildman–Crippen MR) is 131 cm³/mol. The number of nitrogens with two attached hydrogens (primary N) is 1. The lowest BCUT2D eigenvalue weighted by molar-refractivity contribution is -0.119. The van der Waals surface area contributed by atoms with E-state index in [-0.39, 0.29) is 42.6 Å². The van der Waals surface area contributed by atoms with Gasteiger partial charge in [0.25, 0.3) is 0 Å². The summed E-state index contributed by atoms with van der Waals surface area (Å²) in [5, 5.41) is 11.6. The zero-order valence-electron chi connectivity index (χ0n) is 19.5. The van der Waals surface area contributed by atoms with E-state index >= 15 is 4.39 Å². The molecule has 0 aliphatic carbocycles. The van der Waals surface area contributed by atoms with Gasteiger partial charge in [-0.3, -0.25) is 14.8 Å². The molecule has 0 spiro atoms. The van der Waals surface area contributed by atoms with Crippen molar-refractivity contribution in [3.05, 3.63) is 48.2 Å². The number of methoxy groups -OCH3 is 2. The summed E-state index contributed by atoms with van der Waals surface area (Å²) in [4.78, 5) is 31.3. The summed E-state index contributed by atoms with van der Waals surface area (Å²) >= 11 is 0. The topological polar surface area (TPSA) is 148 Å². The number of aliphatic hydroxyl groups is 1. The quantitative estimate of drug-likeness (QED) is 0.364. The summed E-state index contributed by atoms with van der Waals surface area (Å²) < 4.78 is 25.8. The Labute approximate surface area is 201 Å². The van der Waals surface area contributed by atoms with Gasteiger partial charge in [-0.2, -0.15) is 0 Å². The van der Waals surface area contributed by atoms with Crippen LogP contribution < -0.4 is 25.4 Å². The number of nitrogens with zero attached hydrogens (tertiary/aromatic N) is 5. The highest BCUT2D eigenvalue weighted by Gasteiger charge is 2.23. The highest BCUT2D eigenvalue weighted by molar-refractivity contribution is 6.09. The largest absolute Gasteiger partial charge is 0.497 e. The number of aromatic nitrogens is 3. The van der Waals surface area contributed by atoms with Gasteiger partial charge >= 0.3 is 0 Å². The van der Waals surface area contributed by atoms with Crippen molar-refractivity contribution in [2.24, 2.45) is 10.7 Å². The molecular weight excluding hydrogens is 457 g/mol. The van der Waals surface area contributed by atoms with Crippen molar-refractivity contribution in [2.75, 3.05) is 45.9 Å². The molecule has 35 heavy (non-hydrogen) atoms. The number of halogens is 1. The third-order valence-corrected chi connectivity index (χ3v) is 4.89. The van der Waals surface area contributed by atoms with E-state index < -0.39 is 11.7 Å². The van der Waals surface area contributed by atoms with Crippen LogP contribution in [0.25, 0.3) is 16.7 Å². The Balaban J connectivity index is 2.16. The molecule has 0 aliphatic rings. The number of carbonyl (C=O) groups is 1. The Kier molecular flexibility index (Phi) is 8.46. The van der Waals surface area contributed by atoms with Crippen LogP contribution in [0.5, 0.6) is 11.5 Å². The minimum absolute atomic E-state index is 0.00280. The first kappa shape index (κ1) is 25.3. The lowest BCUT2D eigenvalue weighted by atomic mass is 10.2. The van der Waals surface area contributed by atoms with E-state index in [0.717, 1.165) is 0 Å². The zero-order valence-corrected chi connectivity index (χ0v) is 19.5. The average molecular weight is 484 g/mol. The second-order valence-electron chi connectivity index (χ2n) is 7.10.